The molecule has 0 radical (unpaired) electrons. The predicted molar refractivity (Wildman–Crippen MR) is 62.8 cm³/mol. The second kappa shape index (κ2) is 4.76. The number of hydrogen-bond donors (Lipinski definition) is 3. The SMILES string of the molecule is C[C@@H](N)c1n[nH]c(CNc2ccccc2)n1. The number of aromatic amines is 1. The molecule has 0 aliphatic rings. The number of anilines is 1. The van der Waals surface area contributed by atoms with E-state index in [0.717, 1.165) is 11.5 Å². The summed E-state index contributed by atoms with van der Waals surface area (Å²) in [6, 6.07) is 9.81. The Morgan fingerprint density at radius 3 is 2.75 bits per heavy atom. The van der Waals surface area contributed by atoms with Crippen molar-refractivity contribution in [2.75, 3.05) is 5.32 Å². The second-order valence-corrected chi connectivity index (χ2v) is 3.65. The third kappa shape index (κ3) is 2.58. The van der Waals surface area contributed by atoms with Crippen molar-refractivity contribution in [1.82, 2.24) is 15.2 Å². The van der Waals surface area contributed by atoms with Crippen molar-refractivity contribution in [2.45, 2.75) is 19.5 Å². The highest BCUT2D eigenvalue weighted by atomic mass is 15.2. The van der Waals surface area contributed by atoms with Crippen molar-refractivity contribution in [3.63, 3.8) is 0 Å². The standard InChI is InChI=1S/C11H15N5/c1-8(12)11-14-10(15-16-11)7-13-9-5-3-2-4-6-9/h2-6,8,13H,7,12H2,1H3,(H,14,15,16)/t8-/m1/s1. The number of nitrogens with two attached hydrogens (primary N) is 1. The second-order valence-electron chi connectivity index (χ2n) is 3.65. The van der Waals surface area contributed by atoms with Crippen molar-refractivity contribution in [1.29, 1.82) is 0 Å². The van der Waals surface area contributed by atoms with Crippen LogP contribution in [0.2, 0.25) is 0 Å². The fourth-order valence-corrected chi connectivity index (χ4v) is 1.33. The summed E-state index contributed by atoms with van der Waals surface area (Å²) in [5.74, 6) is 1.43. The highest BCUT2D eigenvalue weighted by Crippen LogP contribution is 2.07. The minimum absolute atomic E-state index is 0.137. The smallest absolute Gasteiger partial charge is 0.167 e. The highest BCUT2D eigenvalue weighted by Gasteiger charge is 2.06. The van der Waals surface area contributed by atoms with Crippen molar-refractivity contribution in [2.24, 2.45) is 5.73 Å². The Balaban J connectivity index is 1.95. The van der Waals surface area contributed by atoms with E-state index >= 15 is 0 Å². The molecule has 0 fully saturated rings. The molecule has 5 nitrogen and oxygen atoms in total. The normalized spacial score (nSPS) is 12.4. The lowest BCUT2D eigenvalue weighted by Crippen LogP contribution is -2.07. The van der Waals surface area contributed by atoms with E-state index < -0.39 is 0 Å². The molecule has 5 heteroatoms. The van der Waals surface area contributed by atoms with Crippen molar-refractivity contribution >= 4 is 5.69 Å². The number of para-hydroxylation sites is 1. The zero-order chi connectivity index (χ0) is 11.4. The van der Waals surface area contributed by atoms with Gasteiger partial charge in [0.25, 0.3) is 0 Å². The Morgan fingerprint density at radius 2 is 2.12 bits per heavy atom. The van der Waals surface area contributed by atoms with Crippen LogP contribution >= 0.6 is 0 Å². The van der Waals surface area contributed by atoms with Gasteiger partial charge in [-0.15, -0.1) is 0 Å². The molecule has 16 heavy (non-hydrogen) atoms. The summed E-state index contributed by atoms with van der Waals surface area (Å²) in [4.78, 5) is 4.27. The third-order valence-electron chi connectivity index (χ3n) is 2.19. The van der Waals surface area contributed by atoms with Crippen LogP contribution < -0.4 is 11.1 Å². The number of benzene rings is 1. The van der Waals surface area contributed by atoms with Crippen molar-refractivity contribution in [3.05, 3.63) is 42.0 Å². The van der Waals surface area contributed by atoms with Crippen LogP contribution in [0.25, 0.3) is 0 Å². The summed E-state index contributed by atoms with van der Waals surface area (Å²) in [7, 11) is 0. The topological polar surface area (TPSA) is 79.6 Å². The maximum Gasteiger partial charge on any atom is 0.167 e. The molecule has 0 bridgehead atoms. The Kier molecular flexibility index (Phi) is 3.16. The first-order valence-corrected chi connectivity index (χ1v) is 5.21. The summed E-state index contributed by atoms with van der Waals surface area (Å²) < 4.78 is 0. The summed E-state index contributed by atoms with van der Waals surface area (Å²) >= 11 is 0. The lowest BCUT2D eigenvalue weighted by molar-refractivity contribution is 0.744. The maximum absolute atomic E-state index is 5.67. The third-order valence-corrected chi connectivity index (χ3v) is 2.19. The molecular weight excluding hydrogens is 202 g/mol. The van der Waals surface area contributed by atoms with E-state index in [1.807, 2.05) is 37.3 Å². The van der Waals surface area contributed by atoms with Gasteiger partial charge in [-0.1, -0.05) is 18.2 Å². The van der Waals surface area contributed by atoms with Gasteiger partial charge in [-0.05, 0) is 19.1 Å². The molecule has 1 aromatic heterocycles. The van der Waals surface area contributed by atoms with Gasteiger partial charge in [-0.2, -0.15) is 5.10 Å². The van der Waals surface area contributed by atoms with Crippen LogP contribution in [-0.4, -0.2) is 15.2 Å². The van der Waals surface area contributed by atoms with Gasteiger partial charge in [0.15, 0.2) is 5.82 Å². The van der Waals surface area contributed by atoms with Gasteiger partial charge < -0.3 is 11.1 Å². The molecule has 1 heterocycles. The van der Waals surface area contributed by atoms with E-state index in [9.17, 15) is 0 Å². The molecule has 4 N–H and O–H groups in total. The van der Waals surface area contributed by atoms with E-state index in [4.69, 9.17) is 5.73 Å². The van der Waals surface area contributed by atoms with Crippen LogP contribution in [0.15, 0.2) is 30.3 Å². The number of nitrogens with one attached hydrogen (secondary N) is 2. The minimum atomic E-state index is -0.137. The Bertz CT molecular complexity index is 435. The molecule has 0 amide bonds. The predicted octanol–water partition coefficient (Wildman–Crippen LogP) is 1.44. The molecule has 2 aromatic rings. The van der Waals surface area contributed by atoms with Crippen molar-refractivity contribution < 1.29 is 0 Å². The minimum Gasteiger partial charge on any atom is -0.378 e. The van der Waals surface area contributed by atoms with Gasteiger partial charge >= 0.3 is 0 Å². The average Bonchev–Trinajstić information content (AvgIpc) is 2.76. The average molecular weight is 217 g/mol. The molecule has 0 aliphatic carbocycles. The monoisotopic (exact) mass is 217 g/mol. The molecule has 0 aliphatic heterocycles. The summed E-state index contributed by atoms with van der Waals surface area (Å²) in [5.41, 5.74) is 6.73. The number of hydrogen-bond acceptors (Lipinski definition) is 4. The van der Waals surface area contributed by atoms with Gasteiger partial charge in [0.1, 0.15) is 5.82 Å². The first-order chi connectivity index (χ1) is 7.75. The zero-order valence-corrected chi connectivity index (χ0v) is 9.14. The lowest BCUT2D eigenvalue weighted by Gasteiger charge is -2.02. The van der Waals surface area contributed by atoms with Crippen LogP contribution in [0, 0.1) is 0 Å². The fraction of sp³-hybridized carbons (Fsp3) is 0.273. The quantitative estimate of drug-likeness (QED) is 0.724. The van der Waals surface area contributed by atoms with E-state index in [-0.39, 0.29) is 6.04 Å². The van der Waals surface area contributed by atoms with Crippen LogP contribution in [0.5, 0.6) is 0 Å². The summed E-state index contributed by atoms with van der Waals surface area (Å²) in [5, 5.41) is 10.1. The molecule has 1 aromatic carbocycles. The molecular formula is C11H15N5. The summed E-state index contributed by atoms with van der Waals surface area (Å²) in [6.07, 6.45) is 0. The van der Waals surface area contributed by atoms with Gasteiger partial charge in [0.2, 0.25) is 0 Å². The van der Waals surface area contributed by atoms with Gasteiger partial charge in [-0.25, -0.2) is 4.98 Å². The van der Waals surface area contributed by atoms with E-state index in [2.05, 4.69) is 20.5 Å². The van der Waals surface area contributed by atoms with Crippen LogP contribution in [0.3, 0.4) is 0 Å². The van der Waals surface area contributed by atoms with Crippen LogP contribution in [-0.2, 0) is 6.54 Å². The number of nitrogens with zero attached hydrogens (tertiary/aromatic N) is 2. The zero-order valence-electron chi connectivity index (χ0n) is 9.14. The number of aromatic nitrogens is 3. The first kappa shape index (κ1) is 10.6. The number of rotatable bonds is 4. The van der Waals surface area contributed by atoms with Crippen LogP contribution in [0.4, 0.5) is 5.69 Å². The maximum atomic E-state index is 5.67. The Labute approximate surface area is 94.1 Å². The molecule has 0 saturated heterocycles. The molecule has 1 atom stereocenters. The molecule has 0 spiro atoms. The van der Waals surface area contributed by atoms with Gasteiger partial charge in [0.05, 0.1) is 12.6 Å². The van der Waals surface area contributed by atoms with Gasteiger partial charge in [0, 0.05) is 5.69 Å². The molecule has 2 rings (SSSR count). The van der Waals surface area contributed by atoms with Crippen LogP contribution in [0.1, 0.15) is 24.6 Å². The highest BCUT2D eigenvalue weighted by molar-refractivity contribution is 5.42. The van der Waals surface area contributed by atoms with Gasteiger partial charge in [-0.3, -0.25) is 5.10 Å². The fourth-order valence-electron chi connectivity index (χ4n) is 1.33. The Hall–Kier alpha value is -1.88. The van der Waals surface area contributed by atoms with E-state index in [1.165, 1.54) is 0 Å². The first-order valence-electron chi connectivity index (χ1n) is 5.21. The largest absolute Gasteiger partial charge is 0.378 e. The van der Waals surface area contributed by atoms with Crippen molar-refractivity contribution in [3.8, 4) is 0 Å². The summed E-state index contributed by atoms with van der Waals surface area (Å²) in [6.45, 7) is 2.47. The molecule has 0 saturated carbocycles. The molecule has 0 unspecified atom stereocenters. The van der Waals surface area contributed by atoms with E-state index in [1.54, 1.807) is 0 Å². The van der Waals surface area contributed by atoms with E-state index in [0.29, 0.717) is 12.4 Å². The lowest BCUT2D eigenvalue weighted by atomic mass is 10.3. The molecule has 84 valence electrons. The number of H-pyrrole nitrogens is 1. The Morgan fingerprint density at radius 1 is 1.38 bits per heavy atom.